The van der Waals surface area contributed by atoms with Gasteiger partial charge in [-0.05, 0) is 42.7 Å². The van der Waals surface area contributed by atoms with E-state index in [1.807, 2.05) is 6.08 Å². The third-order valence-corrected chi connectivity index (χ3v) is 7.68. The average Bonchev–Trinajstić information content (AvgIpc) is 3.46. The molecule has 10 nitrogen and oxygen atoms in total. The number of allylic oxidation sites excluding steroid dienone is 1. The number of hydrogen-bond donors (Lipinski definition) is 4. The van der Waals surface area contributed by atoms with Crippen molar-refractivity contribution in [1.29, 1.82) is 0 Å². The Morgan fingerprint density at radius 3 is 2.59 bits per heavy atom. The summed E-state index contributed by atoms with van der Waals surface area (Å²) in [7, 11) is -4.34. The number of rotatable bonds is 6. The third-order valence-electron chi connectivity index (χ3n) is 6.99. The van der Waals surface area contributed by atoms with Crippen molar-refractivity contribution < 1.29 is 34.0 Å². The average molecular weight is 488 g/mol. The minimum atomic E-state index is -4.34. The molecule has 4 aliphatic rings. The van der Waals surface area contributed by atoms with E-state index >= 15 is 0 Å². The van der Waals surface area contributed by atoms with Gasteiger partial charge in [-0.1, -0.05) is 12.5 Å². The van der Waals surface area contributed by atoms with E-state index in [1.165, 1.54) is 19.3 Å². The molecule has 0 radical (unpaired) electrons. The summed E-state index contributed by atoms with van der Waals surface area (Å²) in [5.74, 6) is 2.21. The first-order valence-corrected chi connectivity index (χ1v) is 13.0. The maximum absolute atomic E-state index is 11.0. The van der Waals surface area contributed by atoms with Gasteiger partial charge in [0.25, 0.3) is 0 Å². The summed E-state index contributed by atoms with van der Waals surface area (Å²) in [5, 5.41) is 21.1. The minimum absolute atomic E-state index is 0.123. The van der Waals surface area contributed by atoms with Crippen LogP contribution in [0.3, 0.4) is 0 Å². The lowest BCUT2D eigenvalue weighted by atomic mass is 10.0. The van der Waals surface area contributed by atoms with Gasteiger partial charge in [0.15, 0.2) is 0 Å². The standard InChI is InChI=1S/C20H27ClN3O7P/c21-20-22-15-12(18-17(26)16(25)14(31-18)8-30-9-32(27,28)29)4-5-13(15)19(23-20)24-6-10-2-1-3-11(10)7-24/h4,10-11,14,16-18,25-26H,1-3,5-9H2,(H2,27,28,29)/t10?,11?,14-,16-,17-,18?/m1/s1. The van der Waals surface area contributed by atoms with Gasteiger partial charge in [0.05, 0.1) is 12.3 Å². The Morgan fingerprint density at radius 1 is 1.19 bits per heavy atom. The number of ether oxygens (including phenoxy) is 2. The van der Waals surface area contributed by atoms with Crippen molar-refractivity contribution in [2.24, 2.45) is 11.8 Å². The van der Waals surface area contributed by atoms with Crippen LogP contribution < -0.4 is 4.90 Å². The number of fused-ring (bicyclic) bond motifs is 2. The molecule has 2 aliphatic carbocycles. The summed E-state index contributed by atoms with van der Waals surface area (Å²) in [6.45, 7) is 1.66. The number of hydrogen-bond acceptors (Lipinski definition) is 8. The van der Waals surface area contributed by atoms with Crippen LogP contribution in [-0.4, -0.2) is 80.4 Å². The fourth-order valence-corrected chi connectivity index (χ4v) is 6.04. The van der Waals surface area contributed by atoms with Gasteiger partial charge in [-0.15, -0.1) is 0 Å². The first-order valence-electron chi connectivity index (χ1n) is 10.9. The van der Waals surface area contributed by atoms with Crippen molar-refractivity contribution in [3.63, 3.8) is 0 Å². The summed E-state index contributed by atoms with van der Waals surface area (Å²) in [6, 6.07) is 0. The number of aromatic nitrogens is 2. The van der Waals surface area contributed by atoms with Gasteiger partial charge >= 0.3 is 7.60 Å². The second-order valence-electron chi connectivity index (χ2n) is 9.10. The molecule has 176 valence electrons. The van der Waals surface area contributed by atoms with Crippen LogP contribution >= 0.6 is 19.2 Å². The van der Waals surface area contributed by atoms with Gasteiger partial charge in [-0.2, -0.15) is 0 Å². The van der Waals surface area contributed by atoms with Crippen LogP contribution in [0.4, 0.5) is 5.82 Å². The van der Waals surface area contributed by atoms with Crippen molar-refractivity contribution in [3.8, 4) is 0 Å². The zero-order valence-electron chi connectivity index (χ0n) is 17.4. The summed E-state index contributed by atoms with van der Waals surface area (Å²) >= 11 is 6.28. The molecule has 5 rings (SSSR count). The highest BCUT2D eigenvalue weighted by molar-refractivity contribution is 7.51. The zero-order valence-corrected chi connectivity index (χ0v) is 19.0. The summed E-state index contributed by atoms with van der Waals surface area (Å²) in [6.07, 6.45) is 1.20. The van der Waals surface area contributed by atoms with Gasteiger partial charge in [-0.3, -0.25) is 4.57 Å². The molecule has 0 bridgehead atoms. The molecule has 1 aromatic heterocycles. The highest BCUT2D eigenvalue weighted by Gasteiger charge is 2.47. The van der Waals surface area contributed by atoms with Crippen molar-refractivity contribution in [1.82, 2.24) is 9.97 Å². The molecule has 6 atom stereocenters. The molecule has 0 spiro atoms. The van der Waals surface area contributed by atoms with E-state index in [4.69, 9.17) is 30.9 Å². The van der Waals surface area contributed by atoms with Crippen LogP contribution in [0.1, 0.15) is 30.5 Å². The van der Waals surface area contributed by atoms with Crippen molar-refractivity contribution in [3.05, 3.63) is 22.6 Å². The van der Waals surface area contributed by atoms with Crippen LogP contribution in [0, 0.1) is 11.8 Å². The Hall–Kier alpha value is -1.10. The Morgan fingerprint density at radius 2 is 1.91 bits per heavy atom. The highest BCUT2D eigenvalue weighted by Crippen LogP contribution is 2.44. The van der Waals surface area contributed by atoms with Crippen LogP contribution in [0.2, 0.25) is 5.28 Å². The molecule has 3 fully saturated rings. The van der Waals surface area contributed by atoms with Gasteiger partial charge in [0, 0.05) is 24.2 Å². The summed E-state index contributed by atoms with van der Waals surface area (Å²) in [4.78, 5) is 29.1. The predicted molar refractivity (Wildman–Crippen MR) is 115 cm³/mol. The minimum Gasteiger partial charge on any atom is -0.387 e. The lowest BCUT2D eigenvalue weighted by Crippen LogP contribution is -2.34. The van der Waals surface area contributed by atoms with Crippen LogP contribution in [0.5, 0.6) is 0 Å². The maximum atomic E-state index is 11.0. The third kappa shape index (κ3) is 4.23. The molecular formula is C20H27ClN3O7P. The molecule has 0 aromatic carbocycles. The second-order valence-corrected chi connectivity index (χ2v) is 11.0. The number of halogens is 1. The van der Waals surface area contributed by atoms with Crippen molar-refractivity contribution in [2.45, 2.75) is 50.1 Å². The van der Waals surface area contributed by atoms with Crippen LogP contribution in [0.25, 0.3) is 5.57 Å². The van der Waals surface area contributed by atoms with E-state index in [0.717, 1.165) is 24.5 Å². The summed E-state index contributed by atoms with van der Waals surface area (Å²) < 4.78 is 21.8. The van der Waals surface area contributed by atoms with E-state index < -0.39 is 38.4 Å². The number of aliphatic hydroxyl groups is 2. The lowest BCUT2D eigenvalue weighted by molar-refractivity contribution is -0.0290. The topological polar surface area (TPSA) is 145 Å². The second kappa shape index (κ2) is 8.60. The van der Waals surface area contributed by atoms with Gasteiger partial charge in [0.2, 0.25) is 5.28 Å². The highest BCUT2D eigenvalue weighted by atomic mass is 35.5. The van der Waals surface area contributed by atoms with E-state index in [2.05, 4.69) is 14.9 Å². The van der Waals surface area contributed by atoms with E-state index in [9.17, 15) is 14.8 Å². The Bertz CT molecular complexity index is 961. The molecule has 1 aromatic rings. The first kappa shape index (κ1) is 22.7. The van der Waals surface area contributed by atoms with Crippen molar-refractivity contribution >= 4 is 30.6 Å². The molecule has 3 heterocycles. The summed E-state index contributed by atoms with van der Waals surface area (Å²) in [5.41, 5.74) is 2.19. The Kier molecular flexibility index (Phi) is 6.09. The normalized spacial score (nSPS) is 34.2. The number of nitrogens with zero attached hydrogens (tertiary/aromatic N) is 3. The van der Waals surface area contributed by atoms with Gasteiger partial charge in [-0.25, -0.2) is 9.97 Å². The number of anilines is 1. The van der Waals surface area contributed by atoms with Crippen LogP contribution in [0.15, 0.2) is 6.08 Å². The quantitative estimate of drug-likeness (QED) is 0.338. The predicted octanol–water partition coefficient (Wildman–Crippen LogP) is 0.947. The Labute approximate surface area is 190 Å². The van der Waals surface area contributed by atoms with E-state index in [0.29, 0.717) is 29.5 Å². The number of aliphatic hydroxyl groups excluding tert-OH is 2. The molecule has 2 saturated heterocycles. The monoisotopic (exact) mass is 487 g/mol. The molecule has 1 saturated carbocycles. The largest absolute Gasteiger partial charge is 0.387 e. The maximum Gasteiger partial charge on any atom is 0.350 e. The molecular weight excluding hydrogens is 461 g/mol. The fraction of sp³-hybridized carbons (Fsp3) is 0.700. The zero-order chi connectivity index (χ0) is 22.6. The molecule has 12 heteroatoms. The molecule has 2 aliphatic heterocycles. The molecule has 32 heavy (non-hydrogen) atoms. The molecule has 0 amide bonds. The van der Waals surface area contributed by atoms with Gasteiger partial charge in [0.1, 0.15) is 36.6 Å². The fourth-order valence-electron chi connectivity index (χ4n) is 5.53. The van der Waals surface area contributed by atoms with Gasteiger partial charge < -0.3 is 34.4 Å². The molecule has 3 unspecified atom stereocenters. The van der Waals surface area contributed by atoms with Crippen molar-refractivity contribution in [2.75, 3.05) is 30.9 Å². The lowest BCUT2D eigenvalue weighted by Gasteiger charge is -2.22. The SMILES string of the molecule is O=P(O)(O)COC[C@H]1OC(C2=CCc3c2nc(Cl)nc3N2CC3CCCC3C2)[C@H](O)[C@@H]1O. The smallest absolute Gasteiger partial charge is 0.350 e. The van der Waals surface area contributed by atoms with E-state index in [-0.39, 0.29) is 11.9 Å². The first-order chi connectivity index (χ1) is 15.2. The van der Waals surface area contributed by atoms with Crippen LogP contribution in [-0.2, 0) is 20.5 Å². The molecule has 4 N–H and O–H groups in total. The Balaban J connectivity index is 1.34. The van der Waals surface area contributed by atoms with E-state index in [1.54, 1.807) is 0 Å².